The van der Waals surface area contributed by atoms with Gasteiger partial charge >= 0.3 is 5.97 Å². The maximum absolute atomic E-state index is 12.1. The highest BCUT2D eigenvalue weighted by molar-refractivity contribution is 9.10. The fourth-order valence-corrected chi connectivity index (χ4v) is 3.26. The number of aliphatic hydroxyl groups is 1. The lowest BCUT2D eigenvalue weighted by molar-refractivity contribution is 0.0695. The maximum atomic E-state index is 12.1. The molecule has 0 fully saturated rings. The lowest BCUT2D eigenvalue weighted by Crippen LogP contribution is -2.30. The Hall–Kier alpha value is -0.960. The predicted octanol–water partition coefficient (Wildman–Crippen LogP) is 1.36. The number of hydrogen-bond acceptors (Lipinski definition) is 4. The zero-order chi connectivity index (χ0) is 15.5. The number of carboxylic acid groups (broad SMARTS) is 1. The van der Waals surface area contributed by atoms with Crippen LogP contribution in [0.4, 0.5) is 0 Å². The summed E-state index contributed by atoms with van der Waals surface area (Å²) in [5.74, 6) is -1.42. The molecule has 6 nitrogen and oxygen atoms in total. The van der Waals surface area contributed by atoms with Crippen LogP contribution in [0, 0.1) is 12.8 Å². The zero-order valence-electron chi connectivity index (χ0n) is 11.1. The van der Waals surface area contributed by atoms with Gasteiger partial charge in [-0.1, -0.05) is 22.9 Å². The number of carbonyl (C=O) groups is 1. The van der Waals surface area contributed by atoms with Gasteiger partial charge in [-0.25, -0.2) is 17.9 Å². The van der Waals surface area contributed by atoms with E-state index in [2.05, 4.69) is 20.7 Å². The molecule has 1 unspecified atom stereocenters. The van der Waals surface area contributed by atoms with Gasteiger partial charge in [0.05, 0.1) is 10.5 Å². The smallest absolute Gasteiger partial charge is 0.336 e. The molecule has 1 aromatic carbocycles. The summed E-state index contributed by atoms with van der Waals surface area (Å²) < 4.78 is 26.9. The van der Waals surface area contributed by atoms with Crippen LogP contribution >= 0.6 is 15.9 Å². The van der Waals surface area contributed by atoms with Crippen LogP contribution in [-0.2, 0) is 10.0 Å². The molecule has 0 saturated heterocycles. The standard InChI is InChI=1S/C12H16BrNO5S/c1-7(6-15)5-14-20(18,19)9-3-10(12(16)17)8(2)11(13)4-9/h3-4,7,14-15H,5-6H2,1-2H3,(H,16,17). The summed E-state index contributed by atoms with van der Waals surface area (Å²) >= 11 is 3.16. The van der Waals surface area contributed by atoms with Crippen LogP contribution in [0.3, 0.4) is 0 Å². The molecule has 0 aliphatic rings. The van der Waals surface area contributed by atoms with E-state index in [9.17, 15) is 13.2 Å². The van der Waals surface area contributed by atoms with Crippen molar-refractivity contribution >= 4 is 31.9 Å². The van der Waals surface area contributed by atoms with E-state index in [1.165, 1.54) is 6.07 Å². The van der Waals surface area contributed by atoms with E-state index in [0.717, 1.165) is 6.07 Å². The molecule has 0 amide bonds. The molecule has 1 aromatic rings. The molecular formula is C12H16BrNO5S. The Morgan fingerprint density at radius 1 is 1.45 bits per heavy atom. The summed E-state index contributed by atoms with van der Waals surface area (Å²) in [5.41, 5.74) is 0.384. The van der Waals surface area contributed by atoms with Gasteiger partial charge in [0.25, 0.3) is 0 Å². The van der Waals surface area contributed by atoms with Crippen molar-refractivity contribution in [2.45, 2.75) is 18.7 Å². The van der Waals surface area contributed by atoms with Crippen LogP contribution in [0.25, 0.3) is 0 Å². The first-order chi connectivity index (χ1) is 9.19. The minimum absolute atomic E-state index is 0.0741. The molecule has 112 valence electrons. The molecule has 3 N–H and O–H groups in total. The molecule has 0 saturated carbocycles. The number of benzene rings is 1. The summed E-state index contributed by atoms with van der Waals surface area (Å²) in [7, 11) is -3.82. The Bertz CT molecular complexity index is 615. The average molecular weight is 366 g/mol. The van der Waals surface area contributed by atoms with Gasteiger partial charge < -0.3 is 10.2 Å². The second-order valence-corrected chi connectivity index (χ2v) is 7.14. The molecule has 0 aliphatic carbocycles. The summed E-state index contributed by atoms with van der Waals surface area (Å²) in [6.07, 6.45) is 0. The van der Waals surface area contributed by atoms with Crippen LogP contribution < -0.4 is 4.72 Å². The summed E-state index contributed by atoms with van der Waals surface area (Å²) in [6.45, 7) is 3.22. The van der Waals surface area contributed by atoms with E-state index in [0.29, 0.717) is 10.0 Å². The van der Waals surface area contributed by atoms with Crippen molar-refractivity contribution in [2.24, 2.45) is 5.92 Å². The van der Waals surface area contributed by atoms with Crippen LogP contribution in [0.15, 0.2) is 21.5 Å². The molecule has 1 atom stereocenters. The van der Waals surface area contributed by atoms with Crippen molar-refractivity contribution in [3.8, 4) is 0 Å². The first-order valence-corrected chi connectivity index (χ1v) is 8.10. The summed E-state index contributed by atoms with van der Waals surface area (Å²) in [6, 6.07) is 2.47. The van der Waals surface area contributed by atoms with Gasteiger partial charge in [0.15, 0.2) is 0 Å². The third-order valence-corrected chi connectivity index (χ3v) is 5.02. The summed E-state index contributed by atoms with van der Waals surface area (Å²) in [5, 5.41) is 17.9. The molecule has 0 spiro atoms. The number of aliphatic hydroxyl groups excluding tert-OH is 1. The Morgan fingerprint density at radius 2 is 2.05 bits per heavy atom. The van der Waals surface area contributed by atoms with Gasteiger partial charge in [0, 0.05) is 17.6 Å². The second kappa shape index (κ2) is 6.66. The third kappa shape index (κ3) is 4.02. The van der Waals surface area contributed by atoms with E-state index >= 15 is 0 Å². The van der Waals surface area contributed by atoms with Crippen LogP contribution in [0.1, 0.15) is 22.8 Å². The van der Waals surface area contributed by atoms with E-state index in [-0.39, 0.29) is 29.5 Å². The predicted molar refractivity (Wildman–Crippen MR) is 77.3 cm³/mol. The van der Waals surface area contributed by atoms with E-state index in [4.69, 9.17) is 10.2 Å². The highest BCUT2D eigenvalue weighted by atomic mass is 79.9. The second-order valence-electron chi connectivity index (χ2n) is 4.52. The Labute approximate surface area is 126 Å². The fourth-order valence-electron chi connectivity index (χ4n) is 1.43. The molecule has 0 aromatic heterocycles. The molecule has 20 heavy (non-hydrogen) atoms. The summed E-state index contributed by atoms with van der Waals surface area (Å²) in [4.78, 5) is 11.0. The normalized spacial score (nSPS) is 13.2. The van der Waals surface area contributed by atoms with Gasteiger partial charge in [0.1, 0.15) is 0 Å². The van der Waals surface area contributed by atoms with Crippen molar-refractivity contribution in [1.29, 1.82) is 0 Å². The quantitative estimate of drug-likeness (QED) is 0.705. The average Bonchev–Trinajstić information content (AvgIpc) is 2.38. The number of sulfonamides is 1. The Morgan fingerprint density at radius 3 is 2.55 bits per heavy atom. The van der Waals surface area contributed by atoms with E-state index in [1.807, 2.05) is 0 Å². The SMILES string of the molecule is Cc1c(Br)cc(S(=O)(=O)NCC(C)CO)cc1C(=O)O. The zero-order valence-corrected chi connectivity index (χ0v) is 13.5. The lowest BCUT2D eigenvalue weighted by Gasteiger charge is -2.12. The van der Waals surface area contributed by atoms with Gasteiger partial charge in [-0.2, -0.15) is 0 Å². The number of halogens is 1. The molecule has 8 heteroatoms. The van der Waals surface area contributed by atoms with Crippen molar-refractivity contribution in [1.82, 2.24) is 4.72 Å². The van der Waals surface area contributed by atoms with Crippen LogP contribution in [0.2, 0.25) is 0 Å². The van der Waals surface area contributed by atoms with E-state index < -0.39 is 16.0 Å². The Balaban J connectivity index is 3.16. The van der Waals surface area contributed by atoms with Crippen molar-refractivity contribution in [2.75, 3.05) is 13.2 Å². The van der Waals surface area contributed by atoms with Crippen LogP contribution in [-0.4, -0.2) is 37.8 Å². The molecule has 0 radical (unpaired) electrons. The number of hydrogen-bond donors (Lipinski definition) is 3. The lowest BCUT2D eigenvalue weighted by atomic mass is 10.1. The molecular weight excluding hydrogens is 350 g/mol. The number of carboxylic acids is 1. The van der Waals surface area contributed by atoms with Crippen molar-refractivity contribution in [3.63, 3.8) is 0 Å². The van der Waals surface area contributed by atoms with Gasteiger partial charge in [0.2, 0.25) is 10.0 Å². The van der Waals surface area contributed by atoms with Gasteiger partial charge in [-0.3, -0.25) is 0 Å². The van der Waals surface area contributed by atoms with Crippen molar-refractivity contribution < 1.29 is 23.4 Å². The van der Waals surface area contributed by atoms with Gasteiger partial charge in [-0.15, -0.1) is 0 Å². The monoisotopic (exact) mass is 365 g/mol. The highest BCUT2D eigenvalue weighted by Crippen LogP contribution is 2.25. The van der Waals surface area contributed by atoms with Crippen LogP contribution in [0.5, 0.6) is 0 Å². The minimum Gasteiger partial charge on any atom is -0.478 e. The van der Waals surface area contributed by atoms with Gasteiger partial charge in [-0.05, 0) is 30.5 Å². The van der Waals surface area contributed by atoms with E-state index in [1.54, 1.807) is 13.8 Å². The van der Waals surface area contributed by atoms with Crippen molar-refractivity contribution in [3.05, 3.63) is 27.7 Å². The molecule has 0 bridgehead atoms. The topological polar surface area (TPSA) is 104 Å². The third-order valence-electron chi connectivity index (χ3n) is 2.79. The number of nitrogens with one attached hydrogen (secondary N) is 1. The number of rotatable bonds is 6. The largest absolute Gasteiger partial charge is 0.478 e. The number of aromatic carboxylic acids is 1. The molecule has 0 aliphatic heterocycles. The molecule has 0 heterocycles. The molecule has 1 rings (SSSR count). The minimum atomic E-state index is -3.82. The fraction of sp³-hybridized carbons (Fsp3) is 0.417. The maximum Gasteiger partial charge on any atom is 0.336 e. The Kier molecular flexibility index (Phi) is 5.69. The first kappa shape index (κ1) is 17.1. The first-order valence-electron chi connectivity index (χ1n) is 5.83. The highest BCUT2D eigenvalue weighted by Gasteiger charge is 2.20.